The monoisotopic (exact) mass is 326 g/mol. The summed E-state index contributed by atoms with van der Waals surface area (Å²) in [6.45, 7) is 10.7. The van der Waals surface area contributed by atoms with Crippen LogP contribution in [0.3, 0.4) is 0 Å². The molecule has 0 unspecified atom stereocenters. The Kier molecular flexibility index (Phi) is 5.24. The van der Waals surface area contributed by atoms with E-state index in [1.165, 1.54) is 0 Å². The highest BCUT2D eigenvalue weighted by Gasteiger charge is 2.22. The normalized spacial score (nSPS) is 10.5. The molecule has 0 aromatic heterocycles. The van der Waals surface area contributed by atoms with Gasteiger partial charge in [0.25, 0.3) is 0 Å². The Morgan fingerprint density at radius 2 is 1.79 bits per heavy atom. The lowest BCUT2D eigenvalue weighted by Gasteiger charge is -2.25. The highest BCUT2D eigenvalue weighted by atomic mass is 16.5. The Morgan fingerprint density at radius 3 is 2.33 bits per heavy atom. The minimum Gasteiger partial charge on any atom is -0.619 e. The molecule has 0 saturated carbocycles. The van der Waals surface area contributed by atoms with Crippen LogP contribution in [0.5, 0.6) is 0 Å². The maximum absolute atomic E-state index is 11.9. The van der Waals surface area contributed by atoms with Crippen molar-refractivity contribution in [2.75, 3.05) is 18.0 Å². The molecule has 0 radical (unpaired) electrons. The number of nitrogens with zero attached hydrogens (tertiary/aromatic N) is 2. The third-order valence-electron chi connectivity index (χ3n) is 4.22. The predicted octanol–water partition coefficient (Wildman–Crippen LogP) is 4.05. The molecule has 0 bridgehead atoms. The van der Waals surface area contributed by atoms with Crippen molar-refractivity contribution in [2.45, 2.75) is 20.8 Å². The molecule has 0 aliphatic carbocycles. The second kappa shape index (κ2) is 7.17. The first-order valence-electron chi connectivity index (χ1n) is 7.91. The van der Waals surface area contributed by atoms with Gasteiger partial charge in [-0.05, 0) is 38.5 Å². The Morgan fingerprint density at radius 1 is 1.17 bits per heavy atom. The van der Waals surface area contributed by atoms with Crippen molar-refractivity contribution in [1.82, 2.24) is 0 Å². The number of carbonyl (C=O) groups is 1. The summed E-state index contributed by atoms with van der Waals surface area (Å²) in [6.07, 6.45) is 0. The van der Waals surface area contributed by atoms with Crippen LogP contribution in [0.15, 0.2) is 36.4 Å². The van der Waals surface area contributed by atoms with Gasteiger partial charge in [0.05, 0.1) is 5.56 Å². The predicted molar refractivity (Wildman–Crippen MR) is 97.5 cm³/mol. The Balaban J connectivity index is 2.77. The van der Waals surface area contributed by atoms with Gasteiger partial charge < -0.3 is 15.2 Å². The third kappa shape index (κ3) is 3.11. The van der Waals surface area contributed by atoms with Crippen molar-refractivity contribution < 1.29 is 14.6 Å². The molecule has 126 valence electrons. The largest absolute Gasteiger partial charge is 0.619 e. The SMILES string of the molecule is C=[N+]([O-])c1ccc(-c2ccccc2N(CC)CC)c(C(=O)O)c1C. The lowest BCUT2D eigenvalue weighted by molar-refractivity contribution is -0.350. The fourth-order valence-electron chi connectivity index (χ4n) is 3.01. The summed E-state index contributed by atoms with van der Waals surface area (Å²) in [6, 6.07) is 11.0. The van der Waals surface area contributed by atoms with Gasteiger partial charge in [0.1, 0.15) is 6.72 Å². The number of carboxylic acids is 1. The van der Waals surface area contributed by atoms with Crippen LogP contribution >= 0.6 is 0 Å². The number of rotatable bonds is 6. The van der Waals surface area contributed by atoms with Crippen LogP contribution in [0.25, 0.3) is 11.1 Å². The van der Waals surface area contributed by atoms with Gasteiger partial charge in [-0.15, -0.1) is 0 Å². The maximum Gasteiger partial charge on any atom is 0.336 e. The average molecular weight is 326 g/mol. The van der Waals surface area contributed by atoms with Crippen molar-refractivity contribution >= 4 is 24.1 Å². The van der Waals surface area contributed by atoms with Gasteiger partial charge in [0, 0.05) is 36.0 Å². The number of hydrogen-bond acceptors (Lipinski definition) is 3. The number of benzene rings is 2. The van der Waals surface area contributed by atoms with Crippen LogP contribution in [0.1, 0.15) is 29.8 Å². The van der Waals surface area contributed by atoms with E-state index in [0.717, 1.165) is 24.3 Å². The number of aromatic carboxylic acids is 1. The molecule has 0 aliphatic rings. The molecular formula is C19H22N2O3. The highest BCUT2D eigenvalue weighted by Crippen LogP contribution is 2.36. The van der Waals surface area contributed by atoms with E-state index in [9.17, 15) is 15.1 Å². The van der Waals surface area contributed by atoms with Gasteiger partial charge in [-0.2, -0.15) is 4.74 Å². The van der Waals surface area contributed by atoms with Crippen LogP contribution in [0.4, 0.5) is 11.4 Å². The van der Waals surface area contributed by atoms with E-state index < -0.39 is 5.97 Å². The molecule has 0 saturated heterocycles. The van der Waals surface area contributed by atoms with Crippen molar-refractivity contribution in [3.8, 4) is 11.1 Å². The molecule has 0 spiro atoms. The molecule has 0 fully saturated rings. The first-order valence-corrected chi connectivity index (χ1v) is 7.91. The van der Waals surface area contributed by atoms with Crippen LogP contribution in [-0.2, 0) is 0 Å². The zero-order valence-electron chi connectivity index (χ0n) is 14.2. The summed E-state index contributed by atoms with van der Waals surface area (Å²) in [5, 5.41) is 21.3. The van der Waals surface area contributed by atoms with Gasteiger partial charge in [-0.25, -0.2) is 4.79 Å². The molecule has 5 nitrogen and oxygen atoms in total. The van der Waals surface area contributed by atoms with Crippen molar-refractivity contribution in [1.29, 1.82) is 0 Å². The summed E-state index contributed by atoms with van der Waals surface area (Å²) in [5.41, 5.74) is 3.24. The summed E-state index contributed by atoms with van der Waals surface area (Å²) >= 11 is 0. The van der Waals surface area contributed by atoms with Crippen LogP contribution in [0, 0.1) is 12.1 Å². The van der Waals surface area contributed by atoms with Gasteiger partial charge >= 0.3 is 5.97 Å². The zero-order chi connectivity index (χ0) is 17.9. The molecule has 0 amide bonds. The van der Waals surface area contributed by atoms with Gasteiger partial charge in [0.15, 0.2) is 0 Å². The summed E-state index contributed by atoms with van der Waals surface area (Å²) in [4.78, 5) is 14.0. The van der Waals surface area contributed by atoms with Crippen molar-refractivity contribution in [3.63, 3.8) is 0 Å². The minimum atomic E-state index is -1.06. The number of carboxylic acid groups (broad SMARTS) is 1. The van der Waals surface area contributed by atoms with Gasteiger partial charge in [-0.1, -0.05) is 18.2 Å². The molecular weight excluding hydrogens is 304 g/mol. The van der Waals surface area contributed by atoms with E-state index in [0.29, 0.717) is 15.9 Å². The zero-order valence-corrected chi connectivity index (χ0v) is 14.2. The van der Waals surface area contributed by atoms with Crippen LogP contribution in [-0.4, -0.2) is 35.6 Å². The maximum atomic E-state index is 11.9. The standard InChI is InChI=1S/C19H22N2O3/c1-5-21(6-2)17-10-8-7-9-14(17)15-11-12-16(20(4)24)13(3)18(15)19(22)23/h7-12H,4-6H2,1-3H3,(H,22,23). The molecule has 2 aromatic carbocycles. The lowest BCUT2D eigenvalue weighted by atomic mass is 9.93. The highest BCUT2D eigenvalue weighted by molar-refractivity contribution is 6.00. The summed E-state index contributed by atoms with van der Waals surface area (Å²) < 4.78 is 0.446. The lowest BCUT2D eigenvalue weighted by Crippen LogP contribution is -2.22. The fourth-order valence-corrected chi connectivity index (χ4v) is 3.01. The summed E-state index contributed by atoms with van der Waals surface area (Å²) in [5.74, 6) is -1.06. The summed E-state index contributed by atoms with van der Waals surface area (Å²) in [7, 11) is 0. The molecule has 1 N–H and O–H groups in total. The second-order valence-electron chi connectivity index (χ2n) is 5.51. The molecule has 2 rings (SSSR count). The molecule has 2 aromatic rings. The van der Waals surface area contributed by atoms with E-state index in [1.54, 1.807) is 19.1 Å². The van der Waals surface area contributed by atoms with Crippen LogP contribution < -0.4 is 4.90 Å². The number of hydrogen-bond donors (Lipinski definition) is 1. The molecule has 0 atom stereocenters. The average Bonchev–Trinajstić information content (AvgIpc) is 2.55. The minimum absolute atomic E-state index is 0.136. The van der Waals surface area contributed by atoms with Gasteiger partial charge in [0.2, 0.25) is 5.69 Å². The fraction of sp³-hybridized carbons (Fsp3) is 0.263. The topological polar surface area (TPSA) is 66.6 Å². The smallest absolute Gasteiger partial charge is 0.336 e. The Labute approximate surface area is 142 Å². The van der Waals surface area contributed by atoms with E-state index in [-0.39, 0.29) is 11.3 Å². The first-order chi connectivity index (χ1) is 11.4. The van der Waals surface area contributed by atoms with Gasteiger partial charge in [-0.3, -0.25) is 0 Å². The Hall–Kier alpha value is -2.82. The number of para-hydroxylation sites is 1. The quantitative estimate of drug-likeness (QED) is 0.376. The third-order valence-corrected chi connectivity index (χ3v) is 4.22. The second-order valence-corrected chi connectivity index (χ2v) is 5.51. The van der Waals surface area contributed by atoms with Crippen molar-refractivity contribution in [2.24, 2.45) is 0 Å². The molecule has 5 heteroatoms. The van der Waals surface area contributed by atoms with E-state index in [1.807, 2.05) is 24.3 Å². The van der Waals surface area contributed by atoms with E-state index in [2.05, 4.69) is 25.5 Å². The molecule has 0 heterocycles. The van der Waals surface area contributed by atoms with Crippen LogP contribution in [0.2, 0.25) is 0 Å². The molecule has 24 heavy (non-hydrogen) atoms. The van der Waals surface area contributed by atoms with E-state index >= 15 is 0 Å². The Bertz CT molecular complexity index is 780. The molecule has 0 aliphatic heterocycles. The van der Waals surface area contributed by atoms with Crippen molar-refractivity contribution in [3.05, 3.63) is 52.7 Å². The van der Waals surface area contributed by atoms with E-state index in [4.69, 9.17) is 0 Å². The first kappa shape index (κ1) is 17.5. The number of anilines is 1.